The van der Waals surface area contributed by atoms with E-state index in [1.165, 1.54) is 12.1 Å². The van der Waals surface area contributed by atoms with E-state index >= 15 is 0 Å². The molecule has 0 saturated carbocycles. The number of rotatable bonds is 4. The Balaban J connectivity index is 1.58. The van der Waals surface area contributed by atoms with Crippen LogP contribution in [0.4, 0.5) is 18.9 Å². The van der Waals surface area contributed by atoms with Gasteiger partial charge >= 0.3 is 6.18 Å². The molecule has 4 nitrogen and oxygen atoms in total. The monoisotopic (exact) mass is 375 g/mol. The van der Waals surface area contributed by atoms with E-state index in [9.17, 15) is 18.0 Å². The number of hydrogen-bond donors (Lipinski definition) is 1. The Morgan fingerprint density at radius 3 is 2.74 bits per heavy atom. The van der Waals surface area contributed by atoms with Gasteiger partial charge in [-0.25, -0.2) is 0 Å². The summed E-state index contributed by atoms with van der Waals surface area (Å²) < 4.78 is 38.3. The number of aryl methyl sites for hydroxylation is 1. The van der Waals surface area contributed by atoms with Gasteiger partial charge in [0.1, 0.15) is 0 Å². The van der Waals surface area contributed by atoms with Crippen LogP contribution in [0.1, 0.15) is 23.2 Å². The van der Waals surface area contributed by atoms with E-state index in [-0.39, 0.29) is 18.1 Å². The van der Waals surface area contributed by atoms with Gasteiger partial charge in [-0.15, -0.1) is 0 Å². The minimum atomic E-state index is -4.43. The molecule has 0 radical (unpaired) electrons. The van der Waals surface area contributed by atoms with Crippen LogP contribution in [0.15, 0.2) is 48.7 Å². The predicted molar refractivity (Wildman–Crippen MR) is 98.1 cm³/mol. The predicted octanol–water partition coefficient (Wildman–Crippen LogP) is 4.14. The topological polar surface area (TPSA) is 45.2 Å². The molecule has 1 aromatic carbocycles. The zero-order chi connectivity index (χ0) is 19.4. The van der Waals surface area contributed by atoms with Gasteiger partial charge in [0.15, 0.2) is 0 Å². The Bertz CT molecular complexity index is 862. The Hall–Kier alpha value is -2.67. The Labute approximate surface area is 155 Å². The van der Waals surface area contributed by atoms with Crippen molar-refractivity contribution in [3.8, 4) is 0 Å². The molecule has 0 saturated heterocycles. The van der Waals surface area contributed by atoms with Gasteiger partial charge in [0.05, 0.1) is 17.8 Å². The number of carbonyl (C=O) groups is 1. The molecule has 1 amide bonds. The molecular formula is C20H20F3N3O. The average molecular weight is 375 g/mol. The van der Waals surface area contributed by atoms with Gasteiger partial charge in [-0.3, -0.25) is 14.7 Å². The first kappa shape index (κ1) is 19.1. The number of anilines is 1. The summed E-state index contributed by atoms with van der Waals surface area (Å²) in [6.07, 6.45) is 0.154. The number of halogens is 3. The van der Waals surface area contributed by atoms with Crippen LogP contribution in [0.3, 0.4) is 0 Å². The van der Waals surface area contributed by atoms with Crippen molar-refractivity contribution < 1.29 is 18.0 Å². The van der Waals surface area contributed by atoms with Crippen LogP contribution in [-0.4, -0.2) is 35.4 Å². The molecule has 0 spiro atoms. The smallest absolute Gasteiger partial charge is 0.325 e. The second-order valence-corrected chi connectivity index (χ2v) is 6.51. The van der Waals surface area contributed by atoms with Crippen molar-refractivity contribution in [2.75, 3.05) is 25.0 Å². The molecule has 27 heavy (non-hydrogen) atoms. The summed E-state index contributed by atoms with van der Waals surface area (Å²) >= 11 is 0. The minimum absolute atomic E-state index is 0.126. The van der Waals surface area contributed by atoms with Gasteiger partial charge in [0.2, 0.25) is 5.91 Å². The fraction of sp³-hybridized carbons (Fsp3) is 0.300. The van der Waals surface area contributed by atoms with E-state index in [1.54, 1.807) is 6.20 Å². The largest absolute Gasteiger partial charge is 0.416 e. The van der Waals surface area contributed by atoms with E-state index in [1.807, 2.05) is 24.0 Å². The van der Waals surface area contributed by atoms with E-state index in [2.05, 4.69) is 16.4 Å². The van der Waals surface area contributed by atoms with Crippen molar-refractivity contribution in [2.24, 2.45) is 0 Å². The summed E-state index contributed by atoms with van der Waals surface area (Å²) in [7, 11) is 0. The standard InChI is InChI=1S/C20H20F3N3O/c1-14-4-3-9-24-19(14)15-7-10-26(11-8-15)13-18(27)25-17-6-2-5-16(12-17)20(21,22)23/h2-7,9,12H,8,10-11,13H2,1H3,(H,25,27). The molecule has 3 rings (SSSR count). The lowest BCUT2D eigenvalue weighted by Gasteiger charge is -2.26. The summed E-state index contributed by atoms with van der Waals surface area (Å²) in [6, 6.07) is 8.56. The summed E-state index contributed by atoms with van der Waals surface area (Å²) in [5.74, 6) is -0.333. The van der Waals surface area contributed by atoms with E-state index in [0.717, 1.165) is 35.4 Å². The van der Waals surface area contributed by atoms with Gasteiger partial charge in [-0.1, -0.05) is 18.2 Å². The number of nitrogens with zero attached hydrogens (tertiary/aromatic N) is 2. The Kier molecular flexibility index (Phi) is 5.60. The Morgan fingerprint density at radius 2 is 2.07 bits per heavy atom. The highest BCUT2D eigenvalue weighted by atomic mass is 19.4. The first-order chi connectivity index (χ1) is 12.8. The van der Waals surface area contributed by atoms with Gasteiger partial charge in [0, 0.05) is 25.0 Å². The number of alkyl halides is 3. The van der Waals surface area contributed by atoms with Crippen molar-refractivity contribution in [1.29, 1.82) is 0 Å². The Morgan fingerprint density at radius 1 is 1.26 bits per heavy atom. The lowest BCUT2D eigenvalue weighted by atomic mass is 10.0. The average Bonchev–Trinajstić information content (AvgIpc) is 2.62. The quantitative estimate of drug-likeness (QED) is 0.874. The maximum Gasteiger partial charge on any atom is 0.416 e. The molecule has 2 heterocycles. The van der Waals surface area contributed by atoms with Crippen LogP contribution in [-0.2, 0) is 11.0 Å². The zero-order valence-corrected chi connectivity index (χ0v) is 14.9. The minimum Gasteiger partial charge on any atom is -0.325 e. The van der Waals surface area contributed by atoms with Crippen molar-refractivity contribution >= 4 is 17.2 Å². The van der Waals surface area contributed by atoms with E-state index in [0.29, 0.717) is 13.1 Å². The maximum absolute atomic E-state index is 12.8. The molecule has 0 atom stereocenters. The van der Waals surface area contributed by atoms with Crippen LogP contribution >= 0.6 is 0 Å². The number of benzene rings is 1. The van der Waals surface area contributed by atoms with Crippen molar-refractivity contribution in [3.63, 3.8) is 0 Å². The normalized spacial score (nSPS) is 15.3. The molecule has 0 unspecified atom stereocenters. The van der Waals surface area contributed by atoms with Crippen molar-refractivity contribution in [1.82, 2.24) is 9.88 Å². The molecule has 1 aliphatic heterocycles. The molecular weight excluding hydrogens is 355 g/mol. The summed E-state index contributed by atoms with van der Waals surface area (Å²) in [4.78, 5) is 18.5. The first-order valence-corrected chi connectivity index (χ1v) is 8.63. The highest BCUT2D eigenvalue weighted by Crippen LogP contribution is 2.30. The summed E-state index contributed by atoms with van der Waals surface area (Å²) in [6.45, 7) is 3.43. The highest BCUT2D eigenvalue weighted by molar-refractivity contribution is 5.92. The number of pyridine rings is 1. The molecule has 7 heteroatoms. The third-order valence-corrected chi connectivity index (χ3v) is 4.45. The molecule has 2 aromatic rings. The fourth-order valence-electron chi connectivity index (χ4n) is 3.07. The first-order valence-electron chi connectivity index (χ1n) is 8.63. The van der Waals surface area contributed by atoms with Gasteiger partial charge in [0.25, 0.3) is 0 Å². The fourth-order valence-corrected chi connectivity index (χ4v) is 3.07. The van der Waals surface area contributed by atoms with E-state index in [4.69, 9.17) is 0 Å². The number of amides is 1. The molecule has 1 aliphatic rings. The van der Waals surface area contributed by atoms with Crippen LogP contribution in [0.2, 0.25) is 0 Å². The molecule has 0 fully saturated rings. The molecule has 142 valence electrons. The molecule has 1 N–H and O–H groups in total. The SMILES string of the molecule is Cc1cccnc1C1=CCN(CC(=O)Nc2cccc(C(F)(F)F)c2)CC1. The zero-order valence-electron chi connectivity index (χ0n) is 14.9. The lowest BCUT2D eigenvalue weighted by molar-refractivity contribution is -0.137. The van der Waals surface area contributed by atoms with Gasteiger partial charge < -0.3 is 5.32 Å². The van der Waals surface area contributed by atoms with Gasteiger partial charge in [-0.2, -0.15) is 13.2 Å². The molecule has 0 bridgehead atoms. The maximum atomic E-state index is 12.8. The van der Waals surface area contributed by atoms with Crippen LogP contribution in [0.25, 0.3) is 5.57 Å². The second kappa shape index (κ2) is 7.92. The van der Waals surface area contributed by atoms with E-state index < -0.39 is 11.7 Å². The van der Waals surface area contributed by atoms with Crippen molar-refractivity contribution in [2.45, 2.75) is 19.5 Å². The molecule has 1 aromatic heterocycles. The number of nitrogens with one attached hydrogen (secondary N) is 1. The van der Waals surface area contributed by atoms with Gasteiger partial charge in [-0.05, 0) is 48.7 Å². The highest BCUT2D eigenvalue weighted by Gasteiger charge is 2.30. The van der Waals surface area contributed by atoms with Crippen LogP contribution < -0.4 is 5.32 Å². The summed E-state index contributed by atoms with van der Waals surface area (Å²) in [5, 5.41) is 2.54. The number of hydrogen-bond acceptors (Lipinski definition) is 3. The third kappa shape index (κ3) is 4.95. The second-order valence-electron chi connectivity index (χ2n) is 6.51. The van der Waals surface area contributed by atoms with Crippen LogP contribution in [0.5, 0.6) is 0 Å². The van der Waals surface area contributed by atoms with Crippen molar-refractivity contribution in [3.05, 3.63) is 65.5 Å². The molecule has 0 aliphatic carbocycles. The third-order valence-electron chi connectivity index (χ3n) is 4.45. The lowest BCUT2D eigenvalue weighted by Crippen LogP contribution is -2.36. The summed E-state index contributed by atoms with van der Waals surface area (Å²) in [5.41, 5.74) is 2.61. The van der Waals surface area contributed by atoms with Crippen LogP contribution in [0, 0.1) is 6.92 Å². The number of carbonyl (C=O) groups excluding carboxylic acids is 1. The number of aromatic nitrogens is 1.